The summed E-state index contributed by atoms with van der Waals surface area (Å²) in [6.07, 6.45) is 20.5. The van der Waals surface area contributed by atoms with E-state index in [4.69, 9.17) is 14.2 Å². The molecule has 0 aromatic carbocycles. The molecule has 0 bridgehead atoms. The average Bonchev–Trinajstić information content (AvgIpc) is 2.57. The van der Waals surface area contributed by atoms with Gasteiger partial charge in [-0.3, -0.25) is 0 Å². The molecular formula is C22H42O3. The lowest BCUT2D eigenvalue weighted by Gasteiger charge is -2.46. The van der Waals surface area contributed by atoms with Gasteiger partial charge in [0.05, 0.1) is 11.2 Å². The van der Waals surface area contributed by atoms with Crippen LogP contribution >= 0.6 is 0 Å². The highest BCUT2D eigenvalue weighted by Gasteiger charge is 2.41. The zero-order valence-electron chi connectivity index (χ0n) is 17.0. The van der Waals surface area contributed by atoms with Crippen LogP contribution in [0.15, 0.2) is 0 Å². The second-order valence-electron chi connectivity index (χ2n) is 8.49. The predicted molar refractivity (Wildman–Crippen MR) is 104 cm³/mol. The minimum absolute atomic E-state index is 0.0311. The first kappa shape index (κ1) is 21.2. The third-order valence-corrected chi connectivity index (χ3v) is 6.49. The SMILES string of the molecule is COCCC1(OC2(CCOC)CCCCCCC2)CCCCCCC1. The molecule has 3 nitrogen and oxygen atoms in total. The Morgan fingerprint density at radius 1 is 0.520 bits per heavy atom. The molecule has 0 aromatic rings. The molecule has 2 rings (SSSR count). The Kier molecular flexibility index (Phi) is 9.80. The summed E-state index contributed by atoms with van der Waals surface area (Å²) in [6.45, 7) is 1.64. The summed E-state index contributed by atoms with van der Waals surface area (Å²) in [6, 6.07) is 0. The fraction of sp³-hybridized carbons (Fsp3) is 1.00. The maximum absolute atomic E-state index is 7.22. The van der Waals surface area contributed by atoms with Crippen molar-refractivity contribution in [3.8, 4) is 0 Å². The summed E-state index contributed by atoms with van der Waals surface area (Å²) in [5.74, 6) is 0. The molecule has 0 N–H and O–H groups in total. The molecule has 2 saturated carbocycles. The Balaban J connectivity index is 2.15. The van der Waals surface area contributed by atoms with E-state index in [2.05, 4.69) is 0 Å². The van der Waals surface area contributed by atoms with E-state index in [1.165, 1.54) is 89.9 Å². The van der Waals surface area contributed by atoms with Crippen LogP contribution in [-0.4, -0.2) is 38.6 Å². The number of ether oxygens (including phenoxy) is 3. The lowest BCUT2D eigenvalue weighted by molar-refractivity contribution is -0.190. The van der Waals surface area contributed by atoms with Crippen molar-refractivity contribution >= 4 is 0 Å². The lowest BCUT2D eigenvalue weighted by Crippen LogP contribution is -2.47. The quantitative estimate of drug-likeness (QED) is 0.531. The Hall–Kier alpha value is -0.120. The van der Waals surface area contributed by atoms with Crippen molar-refractivity contribution in [3.63, 3.8) is 0 Å². The highest BCUT2D eigenvalue weighted by atomic mass is 16.5. The van der Waals surface area contributed by atoms with Crippen LogP contribution in [0.1, 0.15) is 103 Å². The Morgan fingerprint density at radius 2 is 0.840 bits per heavy atom. The molecular weight excluding hydrogens is 312 g/mol. The van der Waals surface area contributed by atoms with Gasteiger partial charge in [0.1, 0.15) is 0 Å². The van der Waals surface area contributed by atoms with Crippen molar-refractivity contribution in [2.24, 2.45) is 0 Å². The number of methoxy groups -OCH3 is 2. The molecule has 2 fully saturated rings. The van der Waals surface area contributed by atoms with Gasteiger partial charge in [-0.1, -0.05) is 64.2 Å². The fourth-order valence-corrected chi connectivity index (χ4v) is 4.94. The molecule has 2 aliphatic rings. The van der Waals surface area contributed by atoms with Crippen molar-refractivity contribution in [1.82, 2.24) is 0 Å². The van der Waals surface area contributed by atoms with Gasteiger partial charge in [0.2, 0.25) is 0 Å². The zero-order valence-corrected chi connectivity index (χ0v) is 17.0. The normalized spacial score (nSPS) is 24.7. The second-order valence-corrected chi connectivity index (χ2v) is 8.49. The molecule has 0 radical (unpaired) electrons. The molecule has 148 valence electrons. The zero-order chi connectivity index (χ0) is 17.8. The van der Waals surface area contributed by atoms with E-state index < -0.39 is 0 Å². The molecule has 2 aliphatic carbocycles. The van der Waals surface area contributed by atoms with Crippen LogP contribution in [0.5, 0.6) is 0 Å². The average molecular weight is 355 g/mol. The van der Waals surface area contributed by atoms with Crippen molar-refractivity contribution in [2.75, 3.05) is 27.4 Å². The van der Waals surface area contributed by atoms with E-state index in [0.29, 0.717) is 0 Å². The van der Waals surface area contributed by atoms with Crippen molar-refractivity contribution in [3.05, 3.63) is 0 Å². The summed E-state index contributed by atoms with van der Waals surface area (Å²) in [5.41, 5.74) is 0.0622. The molecule has 0 heterocycles. The van der Waals surface area contributed by atoms with Crippen LogP contribution in [0.4, 0.5) is 0 Å². The first-order valence-corrected chi connectivity index (χ1v) is 10.9. The lowest BCUT2D eigenvalue weighted by atomic mass is 9.80. The smallest absolute Gasteiger partial charge is 0.0712 e. The van der Waals surface area contributed by atoms with Gasteiger partial charge in [-0.15, -0.1) is 0 Å². The van der Waals surface area contributed by atoms with Gasteiger partial charge in [0.25, 0.3) is 0 Å². The molecule has 0 saturated heterocycles. The summed E-state index contributed by atoms with van der Waals surface area (Å²) in [5, 5.41) is 0. The third-order valence-electron chi connectivity index (χ3n) is 6.49. The largest absolute Gasteiger partial charge is 0.385 e. The van der Waals surface area contributed by atoms with Crippen LogP contribution in [0.2, 0.25) is 0 Å². The van der Waals surface area contributed by atoms with Crippen LogP contribution in [0, 0.1) is 0 Å². The molecule has 3 heteroatoms. The topological polar surface area (TPSA) is 27.7 Å². The molecule has 25 heavy (non-hydrogen) atoms. The Labute approximate surface area is 156 Å². The Morgan fingerprint density at radius 3 is 1.16 bits per heavy atom. The first-order valence-electron chi connectivity index (χ1n) is 10.9. The van der Waals surface area contributed by atoms with Gasteiger partial charge < -0.3 is 14.2 Å². The maximum Gasteiger partial charge on any atom is 0.0712 e. The first-order chi connectivity index (χ1) is 12.2. The molecule has 0 spiro atoms. The number of hydrogen-bond donors (Lipinski definition) is 0. The molecule has 0 amide bonds. The molecule has 0 aliphatic heterocycles. The number of rotatable bonds is 8. The van der Waals surface area contributed by atoms with Crippen molar-refractivity contribution in [1.29, 1.82) is 0 Å². The number of hydrogen-bond acceptors (Lipinski definition) is 3. The van der Waals surface area contributed by atoms with Crippen LogP contribution < -0.4 is 0 Å². The van der Waals surface area contributed by atoms with Gasteiger partial charge >= 0.3 is 0 Å². The minimum Gasteiger partial charge on any atom is -0.385 e. The summed E-state index contributed by atoms with van der Waals surface area (Å²) < 4.78 is 18.2. The summed E-state index contributed by atoms with van der Waals surface area (Å²) in [4.78, 5) is 0. The highest BCUT2D eigenvalue weighted by molar-refractivity contribution is 4.91. The standard InChI is InChI=1S/C22H42O3/c1-23-19-17-21(13-9-5-3-6-10-14-21)25-22(18-20-24-2)15-11-7-4-8-12-16-22/h3-20H2,1-2H3. The van der Waals surface area contributed by atoms with Crippen LogP contribution in [-0.2, 0) is 14.2 Å². The van der Waals surface area contributed by atoms with Crippen molar-refractivity contribution < 1.29 is 14.2 Å². The van der Waals surface area contributed by atoms with E-state index in [0.717, 1.165) is 26.1 Å². The molecule has 0 unspecified atom stereocenters. The molecule has 0 atom stereocenters. The fourth-order valence-electron chi connectivity index (χ4n) is 4.94. The summed E-state index contributed by atoms with van der Waals surface area (Å²) >= 11 is 0. The maximum atomic E-state index is 7.22. The van der Waals surface area contributed by atoms with E-state index in [-0.39, 0.29) is 11.2 Å². The summed E-state index contributed by atoms with van der Waals surface area (Å²) in [7, 11) is 3.65. The van der Waals surface area contributed by atoms with Crippen LogP contribution in [0.25, 0.3) is 0 Å². The predicted octanol–water partition coefficient (Wildman–Crippen LogP) is 6.04. The van der Waals surface area contributed by atoms with Gasteiger partial charge in [0, 0.05) is 27.4 Å². The van der Waals surface area contributed by atoms with E-state index in [9.17, 15) is 0 Å². The van der Waals surface area contributed by atoms with Crippen molar-refractivity contribution in [2.45, 2.75) is 114 Å². The molecule has 0 aromatic heterocycles. The van der Waals surface area contributed by atoms with Gasteiger partial charge in [0.15, 0.2) is 0 Å². The van der Waals surface area contributed by atoms with E-state index >= 15 is 0 Å². The highest BCUT2D eigenvalue weighted by Crippen LogP contribution is 2.42. The van der Waals surface area contributed by atoms with Gasteiger partial charge in [-0.2, -0.15) is 0 Å². The monoisotopic (exact) mass is 354 g/mol. The minimum atomic E-state index is 0.0311. The Bertz CT molecular complexity index is 283. The van der Waals surface area contributed by atoms with E-state index in [1.54, 1.807) is 0 Å². The van der Waals surface area contributed by atoms with Gasteiger partial charge in [-0.05, 0) is 38.5 Å². The van der Waals surface area contributed by atoms with E-state index in [1.807, 2.05) is 14.2 Å². The third kappa shape index (κ3) is 7.19. The second kappa shape index (κ2) is 11.6. The van der Waals surface area contributed by atoms with Gasteiger partial charge in [-0.25, -0.2) is 0 Å². The van der Waals surface area contributed by atoms with Crippen LogP contribution in [0.3, 0.4) is 0 Å².